The summed E-state index contributed by atoms with van der Waals surface area (Å²) in [6, 6.07) is 5.26. The van der Waals surface area contributed by atoms with Crippen LogP contribution >= 0.6 is 0 Å². The fourth-order valence-electron chi connectivity index (χ4n) is 2.81. The average Bonchev–Trinajstić information content (AvgIpc) is 3.00. The van der Waals surface area contributed by atoms with Crippen LogP contribution in [0.15, 0.2) is 41.3 Å². The van der Waals surface area contributed by atoms with E-state index in [0.29, 0.717) is 31.5 Å². The molecule has 2 aromatic rings. The second kappa shape index (κ2) is 10.1. The first kappa shape index (κ1) is 24.4. The third-order valence-corrected chi connectivity index (χ3v) is 6.10. The first-order chi connectivity index (χ1) is 15.6. The lowest BCUT2D eigenvalue weighted by atomic mass is 10.2. The Hall–Kier alpha value is -3.25. The molecule has 0 saturated heterocycles. The lowest BCUT2D eigenvalue weighted by Gasteiger charge is -2.18. The molecule has 0 aromatic heterocycles. The number of anilines is 1. The predicted octanol–water partition coefficient (Wildman–Crippen LogP) is 2.36. The maximum atomic E-state index is 13.7. The van der Waals surface area contributed by atoms with Gasteiger partial charge in [-0.15, -0.1) is 0 Å². The summed E-state index contributed by atoms with van der Waals surface area (Å²) in [5, 5.41) is 2.17. The van der Waals surface area contributed by atoms with Gasteiger partial charge in [-0.2, -0.15) is 4.72 Å². The lowest BCUT2D eigenvalue weighted by Crippen LogP contribution is -2.42. The highest BCUT2D eigenvalue weighted by molar-refractivity contribution is 7.89. The van der Waals surface area contributed by atoms with Crippen molar-refractivity contribution in [1.29, 1.82) is 0 Å². The molecular weight excluding hydrogens is 462 g/mol. The highest BCUT2D eigenvalue weighted by Crippen LogP contribution is 2.31. The van der Waals surface area contributed by atoms with E-state index in [1.54, 1.807) is 0 Å². The Balaban J connectivity index is 1.61. The zero-order valence-corrected chi connectivity index (χ0v) is 18.6. The predicted molar refractivity (Wildman–Crippen MR) is 112 cm³/mol. The van der Waals surface area contributed by atoms with Crippen LogP contribution < -0.4 is 19.5 Å². The van der Waals surface area contributed by atoms with E-state index >= 15 is 0 Å². The standard InChI is InChI=1S/C21H22F2N2O7S/c1-12(21(27)32-13(2)20(26)24-17-6-4-14(22)10-16(17)23)25-33(28,29)15-5-7-18-19(11-15)31-9-3-8-30-18/h4-7,10-13,25H,3,8-9H2,1-2H3,(H,24,26)/t12-,13?/m0/s1. The fraction of sp³-hybridized carbons (Fsp3) is 0.333. The van der Waals surface area contributed by atoms with Crippen LogP contribution in [-0.2, 0) is 24.3 Å². The molecule has 0 fully saturated rings. The molecule has 1 heterocycles. The van der Waals surface area contributed by atoms with E-state index < -0.39 is 45.7 Å². The summed E-state index contributed by atoms with van der Waals surface area (Å²) in [6.45, 7) is 3.28. The molecule has 1 unspecified atom stereocenters. The molecule has 1 aliphatic rings. The van der Waals surface area contributed by atoms with Crippen LogP contribution in [0.1, 0.15) is 20.3 Å². The lowest BCUT2D eigenvalue weighted by molar-refractivity contribution is -0.154. The van der Waals surface area contributed by atoms with Gasteiger partial charge in [-0.05, 0) is 38.1 Å². The second-order valence-electron chi connectivity index (χ2n) is 7.19. The first-order valence-corrected chi connectivity index (χ1v) is 11.4. The van der Waals surface area contributed by atoms with Gasteiger partial charge in [-0.3, -0.25) is 9.59 Å². The zero-order valence-electron chi connectivity index (χ0n) is 17.8. The smallest absolute Gasteiger partial charge is 0.324 e. The number of hydrogen-bond donors (Lipinski definition) is 2. The third kappa shape index (κ3) is 6.17. The maximum absolute atomic E-state index is 13.7. The molecule has 1 aliphatic heterocycles. The summed E-state index contributed by atoms with van der Waals surface area (Å²) in [5.74, 6) is -3.06. The molecule has 0 radical (unpaired) electrons. The molecule has 0 saturated carbocycles. The number of rotatable bonds is 7. The van der Waals surface area contributed by atoms with Crippen LogP contribution in [0.3, 0.4) is 0 Å². The summed E-state index contributed by atoms with van der Waals surface area (Å²) in [5.41, 5.74) is -0.299. The van der Waals surface area contributed by atoms with Crippen LogP contribution in [0, 0.1) is 11.6 Å². The van der Waals surface area contributed by atoms with Crippen molar-refractivity contribution >= 4 is 27.6 Å². The summed E-state index contributed by atoms with van der Waals surface area (Å²) >= 11 is 0. The summed E-state index contributed by atoms with van der Waals surface area (Å²) in [6.07, 6.45) is -0.732. The number of benzene rings is 2. The SMILES string of the molecule is CC(OC(=O)[C@H](C)NS(=O)(=O)c1ccc2c(c1)OCCCO2)C(=O)Nc1ccc(F)cc1F. The highest BCUT2D eigenvalue weighted by atomic mass is 32.2. The van der Waals surface area contributed by atoms with E-state index in [4.69, 9.17) is 14.2 Å². The monoisotopic (exact) mass is 484 g/mol. The van der Waals surface area contributed by atoms with Gasteiger partial charge in [-0.25, -0.2) is 17.2 Å². The Labute approximate surface area is 189 Å². The van der Waals surface area contributed by atoms with Gasteiger partial charge in [0, 0.05) is 18.6 Å². The number of halogens is 2. The molecule has 2 aromatic carbocycles. The Morgan fingerprint density at radius 3 is 2.42 bits per heavy atom. The molecule has 2 N–H and O–H groups in total. The van der Waals surface area contributed by atoms with Crippen LogP contribution in [0.5, 0.6) is 11.5 Å². The number of amides is 1. The molecule has 0 bridgehead atoms. The van der Waals surface area contributed by atoms with Crippen molar-refractivity contribution in [1.82, 2.24) is 4.72 Å². The molecule has 0 aliphatic carbocycles. The molecule has 1 amide bonds. The van der Waals surface area contributed by atoms with E-state index in [-0.39, 0.29) is 16.3 Å². The molecule has 2 atom stereocenters. The molecule has 33 heavy (non-hydrogen) atoms. The number of fused-ring (bicyclic) bond motifs is 1. The molecule has 3 rings (SSSR count). The Bertz CT molecular complexity index is 1160. The average molecular weight is 484 g/mol. The van der Waals surface area contributed by atoms with Crippen LogP contribution in [0.25, 0.3) is 0 Å². The zero-order chi connectivity index (χ0) is 24.2. The Kier molecular flexibility index (Phi) is 7.49. The van der Waals surface area contributed by atoms with E-state index in [9.17, 15) is 26.8 Å². The van der Waals surface area contributed by atoms with Crippen molar-refractivity contribution in [3.05, 3.63) is 48.0 Å². The molecule has 12 heteroatoms. The number of carbonyl (C=O) groups is 2. The minimum atomic E-state index is -4.14. The van der Waals surface area contributed by atoms with Gasteiger partial charge in [-0.1, -0.05) is 0 Å². The molecular formula is C21H22F2N2O7S. The van der Waals surface area contributed by atoms with Gasteiger partial charge < -0.3 is 19.5 Å². The molecule has 0 spiro atoms. The van der Waals surface area contributed by atoms with Crippen LogP contribution in [0.4, 0.5) is 14.5 Å². The number of nitrogens with one attached hydrogen (secondary N) is 2. The van der Waals surface area contributed by atoms with Gasteiger partial charge in [0.15, 0.2) is 17.6 Å². The summed E-state index contributed by atoms with van der Waals surface area (Å²) in [4.78, 5) is 24.3. The van der Waals surface area contributed by atoms with Crippen molar-refractivity contribution in [3.8, 4) is 11.5 Å². The number of carbonyl (C=O) groups excluding carboxylic acids is 2. The quantitative estimate of drug-likeness (QED) is 0.579. The van der Waals surface area contributed by atoms with Gasteiger partial charge in [0.1, 0.15) is 17.7 Å². The van der Waals surface area contributed by atoms with Crippen molar-refractivity contribution < 1.29 is 41.0 Å². The van der Waals surface area contributed by atoms with Gasteiger partial charge in [0.2, 0.25) is 10.0 Å². The summed E-state index contributed by atoms with van der Waals surface area (Å²) < 4.78 is 70.1. The van der Waals surface area contributed by atoms with Gasteiger partial charge in [0.25, 0.3) is 5.91 Å². The van der Waals surface area contributed by atoms with E-state index in [2.05, 4.69) is 10.0 Å². The minimum Gasteiger partial charge on any atom is -0.490 e. The minimum absolute atomic E-state index is 0.149. The van der Waals surface area contributed by atoms with Crippen molar-refractivity contribution in [3.63, 3.8) is 0 Å². The second-order valence-corrected chi connectivity index (χ2v) is 8.91. The number of sulfonamides is 1. The van der Waals surface area contributed by atoms with Gasteiger partial charge >= 0.3 is 5.97 Å². The number of ether oxygens (including phenoxy) is 3. The topological polar surface area (TPSA) is 120 Å². The fourth-order valence-corrected chi connectivity index (χ4v) is 4.02. The maximum Gasteiger partial charge on any atom is 0.324 e. The van der Waals surface area contributed by atoms with E-state index in [1.807, 2.05) is 0 Å². The van der Waals surface area contributed by atoms with E-state index in [0.717, 1.165) is 12.1 Å². The van der Waals surface area contributed by atoms with E-state index in [1.165, 1.54) is 32.0 Å². The third-order valence-electron chi connectivity index (χ3n) is 4.57. The largest absolute Gasteiger partial charge is 0.490 e. The number of hydrogen-bond acceptors (Lipinski definition) is 7. The highest BCUT2D eigenvalue weighted by Gasteiger charge is 2.27. The van der Waals surface area contributed by atoms with Crippen molar-refractivity contribution in [2.45, 2.75) is 37.3 Å². The Morgan fingerprint density at radius 1 is 1.03 bits per heavy atom. The molecule has 178 valence electrons. The van der Waals surface area contributed by atoms with Gasteiger partial charge in [0.05, 0.1) is 23.8 Å². The summed E-state index contributed by atoms with van der Waals surface area (Å²) in [7, 11) is -4.14. The van der Waals surface area contributed by atoms with Crippen molar-refractivity contribution in [2.75, 3.05) is 18.5 Å². The normalized spacial score (nSPS) is 15.2. The first-order valence-electron chi connectivity index (χ1n) is 9.95. The number of esters is 1. The molecule has 9 nitrogen and oxygen atoms in total. The van der Waals surface area contributed by atoms with Crippen LogP contribution in [0.2, 0.25) is 0 Å². The van der Waals surface area contributed by atoms with Crippen LogP contribution in [-0.4, -0.2) is 45.7 Å². The Morgan fingerprint density at radius 2 is 1.73 bits per heavy atom. The van der Waals surface area contributed by atoms with Crippen molar-refractivity contribution in [2.24, 2.45) is 0 Å².